The van der Waals surface area contributed by atoms with Crippen LogP contribution in [0.4, 0.5) is 0 Å². The van der Waals surface area contributed by atoms with Crippen LogP contribution >= 0.6 is 27.3 Å². The van der Waals surface area contributed by atoms with Crippen molar-refractivity contribution in [1.82, 2.24) is 14.9 Å². The normalized spacial score (nSPS) is 12.1. The third kappa shape index (κ3) is 4.48. The van der Waals surface area contributed by atoms with Crippen molar-refractivity contribution in [3.63, 3.8) is 0 Å². The van der Waals surface area contributed by atoms with E-state index in [9.17, 15) is 9.59 Å². The molecule has 1 amide bonds. The number of nitrogens with one attached hydrogen (secondary N) is 1. The minimum absolute atomic E-state index is 0.0734. The molecular weight excluding hydrogens is 474 g/mol. The lowest BCUT2D eigenvalue weighted by Gasteiger charge is -2.15. The second kappa shape index (κ2) is 9.16. The highest BCUT2D eigenvalue weighted by atomic mass is 79.9. The minimum Gasteiger partial charge on any atom is -0.348 e. The van der Waals surface area contributed by atoms with Gasteiger partial charge < -0.3 is 5.32 Å². The van der Waals surface area contributed by atoms with Crippen molar-refractivity contribution in [3.8, 4) is 11.1 Å². The maximum Gasteiger partial charge on any atom is 0.263 e. The van der Waals surface area contributed by atoms with E-state index in [1.807, 2.05) is 61.5 Å². The van der Waals surface area contributed by atoms with Crippen LogP contribution in [0.15, 0.2) is 70.2 Å². The van der Waals surface area contributed by atoms with Crippen LogP contribution < -0.4 is 10.9 Å². The van der Waals surface area contributed by atoms with E-state index >= 15 is 0 Å². The first-order valence-corrected chi connectivity index (χ1v) is 11.7. The van der Waals surface area contributed by atoms with Crippen LogP contribution in [0.1, 0.15) is 30.3 Å². The highest BCUT2D eigenvalue weighted by Gasteiger charge is 2.19. The Morgan fingerprint density at radius 1 is 1.16 bits per heavy atom. The molecule has 0 saturated carbocycles. The zero-order valence-corrected chi connectivity index (χ0v) is 19.7. The van der Waals surface area contributed by atoms with Gasteiger partial charge in [0.25, 0.3) is 5.56 Å². The van der Waals surface area contributed by atoms with E-state index in [1.54, 1.807) is 0 Å². The van der Waals surface area contributed by atoms with Crippen molar-refractivity contribution in [1.29, 1.82) is 0 Å². The Kier molecular flexibility index (Phi) is 6.34. The van der Waals surface area contributed by atoms with Crippen molar-refractivity contribution in [2.45, 2.75) is 32.9 Å². The molecule has 1 unspecified atom stereocenters. The number of carbonyl (C=O) groups excluding carboxylic acids is 1. The molecule has 0 spiro atoms. The molecule has 0 aliphatic heterocycles. The molecular formula is C24H22BrN3O2S. The molecule has 4 rings (SSSR count). The number of fused-ring (bicyclic) bond motifs is 1. The lowest BCUT2D eigenvalue weighted by molar-refractivity contribution is -0.122. The van der Waals surface area contributed by atoms with Crippen LogP contribution in [-0.2, 0) is 17.8 Å². The molecule has 158 valence electrons. The van der Waals surface area contributed by atoms with Gasteiger partial charge in [-0.3, -0.25) is 14.2 Å². The number of rotatable bonds is 6. The van der Waals surface area contributed by atoms with Crippen molar-refractivity contribution in [3.05, 3.63) is 86.2 Å². The van der Waals surface area contributed by atoms with Gasteiger partial charge in [0.2, 0.25) is 5.91 Å². The first-order valence-electron chi connectivity index (χ1n) is 10.1. The highest BCUT2D eigenvalue weighted by Crippen LogP contribution is 2.36. The summed E-state index contributed by atoms with van der Waals surface area (Å²) >= 11 is 5.00. The van der Waals surface area contributed by atoms with Crippen LogP contribution in [-0.4, -0.2) is 15.5 Å². The molecule has 1 N–H and O–H groups in total. The average molecular weight is 496 g/mol. The van der Waals surface area contributed by atoms with Crippen molar-refractivity contribution in [2.75, 3.05) is 0 Å². The molecule has 5 nitrogen and oxygen atoms in total. The van der Waals surface area contributed by atoms with Crippen LogP contribution in [0.25, 0.3) is 21.3 Å². The number of benzene rings is 2. The SMILES string of the molecule is CCc1sc2ncn(CC(=O)NC(C)c3ccccc3)c(=O)c2c1-c1ccc(Br)cc1. The summed E-state index contributed by atoms with van der Waals surface area (Å²) in [6, 6.07) is 17.5. The summed E-state index contributed by atoms with van der Waals surface area (Å²) in [6.07, 6.45) is 2.28. The summed E-state index contributed by atoms with van der Waals surface area (Å²) in [4.78, 5) is 32.3. The number of hydrogen-bond acceptors (Lipinski definition) is 4. The van der Waals surface area contributed by atoms with Gasteiger partial charge in [-0.2, -0.15) is 0 Å². The fourth-order valence-electron chi connectivity index (χ4n) is 3.62. The quantitative estimate of drug-likeness (QED) is 0.393. The lowest BCUT2D eigenvalue weighted by Crippen LogP contribution is -2.33. The number of aryl methyl sites for hydroxylation is 1. The Morgan fingerprint density at radius 3 is 2.55 bits per heavy atom. The first kappa shape index (κ1) is 21.5. The summed E-state index contributed by atoms with van der Waals surface area (Å²) < 4.78 is 2.37. The predicted molar refractivity (Wildman–Crippen MR) is 129 cm³/mol. The van der Waals surface area contributed by atoms with E-state index in [2.05, 4.69) is 33.2 Å². The number of carbonyl (C=O) groups is 1. The topological polar surface area (TPSA) is 64.0 Å². The smallest absolute Gasteiger partial charge is 0.263 e. The van der Waals surface area contributed by atoms with Gasteiger partial charge in [-0.05, 0) is 36.6 Å². The fourth-order valence-corrected chi connectivity index (χ4v) is 4.98. The second-order valence-electron chi connectivity index (χ2n) is 7.32. The largest absolute Gasteiger partial charge is 0.348 e. The number of aromatic nitrogens is 2. The van der Waals surface area contributed by atoms with E-state index < -0.39 is 0 Å². The zero-order chi connectivity index (χ0) is 22.0. The third-order valence-electron chi connectivity index (χ3n) is 5.20. The van der Waals surface area contributed by atoms with Crippen molar-refractivity contribution in [2.24, 2.45) is 0 Å². The molecule has 2 aromatic carbocycles. The van der Waals surface area contributed by atoms with Crippen LogP contribution in [0.2, 0.25) is 0 Å². The van der Waals surface area contributed by atoms with Gasteiger partial charge in [0, 0.05) is 14.9 Å². The molecule has 0 bridgehead atoms. The summed E-state index contributed by atoms with van der Waals surface area (Å²) in [7, 11) is 0. The van der Waals surface area contributed by atoms with Crippen molar-refractivity contribution < 1.29 is 4.79 Å². The molecule has 0 fully saturated rings. The molecule has 0 aliphatic rings. The van der Waals surface area contributed by atoms with Gasteiger partial charge in [-0.1, -0.05) is 65.3 Å². The van der Waals surface area contributed by atoms with Crippen LogP contribution in [0.3, 0.4) is 0 Å². The van der Waals surface area contributed by atoms with E-state index in [0.29, 0.717) is 10.2 Å². The van der Waals surface area contributed by atoms with Crippen LogP contribution in [0, 0.1) is 0 Å². The molecule has 31 heavy (non-hydrogen) atoms. The number of halogens is 1. The Hall–Kier alpha value is -2.77. The van der Waals surface area contributed by atoms with E-state index in [-0.39, 0.29) is 24.1 Å². The van der Waals surface area contributed by atoms with Gasteiger partial charge in [-0.25, -0.2) is 4.98 Å². The summed E-state index contributed by atoms with van der Waals surface area (Å²) in [5.41, 5.74) is 2.71. The maximum absolute atomic E-state index is 13.4. The van der Waals surface area contributed by atoms with Gasteiger partial charge in [-0.15, -0.1) is 11.3 Å². The van der Waals surface area contributed by atoms with E-state index in [0.717, 1.165) is 32.5 Å². The lowest BCUT2D eigenvalue weighted by atomic mass is 10.0. The third-order valence-corrected chi connectivity index (χ3v) is 6.97. The monoisotopic (exact) mass is 495 g/mol. The molecule has 1 atom stereocenters. The molecule has 2 aromatic heterocycles. The van der Waals surface area contributed by atoms with Gasteiger partial charge in [0.05, 0.1) is 17.8 Å². The molecule has 0 saturated heterocycles. The molecule has 2 heterocycles. The fraction of sp³-hybridized carbons (Fsp3) is 0.208. The number of nitrogens with zero attached hydrogens (tertiary/aromatic N) is 2. The summed E-state index contributed by atoms with van der Waals surface area (Å²) in [5, 5.41) is 3.54. The molecule has 4 aromatic rings. The van der Waals surface area contributed by atoms with E-state index in [4.69, 9.17) is 0 Å². The molecule has 7 heteroatoms. The van der Waals surface area contributed by atoms with Gasteiger partial charge in [0.1, 0.15) is 11.4 Å². The zero-order valence-electron chi connectivity index (χ0n) is 17.3. The average Bonchev–Trinajstić information content (AvgIpc) is 3.16. The summed E-state index contributed by atoms with van der Waals surface area (Å²) in [6.45, 7) is 3.93. The molecule has 0 aliphatic carbocycles. The molecule has 0 radical (unpaired) electrons. The Labute approximate surface area is 192 Å². The van der Waals surface area contributed by atoms with Gasteiger partial charge in [0.15, 0.2) is 0 Å². The second-order valence-corrected chi connectivity index (χ2v) is 9.32. The number of amides is 1. The number of thiophene rings is 1. The first-order chi connectivity index (χ1) is 15.0. The van der Waals surface area contributed by atoms with E-state index in [1.165, 1.54) is 22.2 Å². The summed E-state index contributed by atoms with van der Waals surface area (Å²) in [5.74, 6) is -0.226. The maximum atomic E-state index is 13.4. The minimum atomic E-state index is -0.226. The van der Waals surface area contributed by atoms with Crippen LogP contribution in [0.5, 0.6) is 0 Å². The Balaban J connectivity index is 1.67. The predicted octanol–water partition coefficient (Wildman–Crippen LogP) is 5.33. The van der Waals surface area contributed by atoms with Gasteiger partial charge >= 0.3 is 0 Å². The highest BCUT2D eigenvalue weighted by molar-refractivity contribution is 9.10. The Morgan fingerprint density at radius 2 is 1.87 bits per heavy atom. The van der Waals surface area contributed by atoms with Crippen molar-refractivity contribution >= 4 is 43.4 Å². The number of hydrogen-bond donors (Lipinski definition) is 1. The Bertz CT molecular complexity index is 1280. The standard InChI is InChI=1S/C24H22BrN3O2S/c1-3-19-21(17-9-11-18(25)12-10-17)22-23(31-19)26-14-28(24(22)30)13-20(29)27-15(2)16-7-5-4-6-8-16/h4-12,14-15H,3,13H2,1-2H3,(H,27,29).